The van der Waals surface area contributed by atoms with Crippen LogP contribution in [-0.2, 0) is 14.8 Å². The Hall–Kier alpha value is -3.72. The molecule has 3 aromatic rings. The number of methoxy groups -OCH3 is 1. The van der Waals surface area contributed by atoms with Gasteiger partial charge in [0.2, 0.25) is 5.91 Å². The van der Waals surface area contributed by atoms with Crippen LogP contribution in [0.2, 0.25) is 0 Å². The van der Waals surface area contributed by atoms with Crippen molar-refractivity contribution in [3.8, 4) is 5.75 Å². The molecule has 0 aromatic heterocycles. The van der Waals surface area contributed by atoms with E-state index in [0.717, 1.165) is 25.9 Å². The van der Waals surface area contributed by atoms with Gasteiger partial charge in [-0.3, -0.25) is 9.52 Å². The van der Waals surface area contributed by atoms with Crippen molar-refractivity contribution in [2.45, 2.75) is 30.7 Å². The number of hydrogen-bond donors (Lipinski definition) is 3. The minimum Gasteiger partial charge on any atom is -0.497 e. The fourth-order valence-corrected chi connectivity index (χ4v) is 5.31. The first-order valence-corrected chi connectivity index (χ1v) is 13.0. The summed E-state index contributed by atoms with van der Waals surface area (Å²) in [7, 11) is -2.34. The minimum atomic E-state index is -3.90. The zero-order chi connectivity index (χ0) is 24.8. The van der Waals surface area contributed by atoms with Gasteiger partial charge in [-0.05, 0) is 74.4 Å². The van der Waals surface area contributed by atoms with Crippen molar-refractivity contribution >= 4 is 38.7 Å². The fourth-order valence-electron chi connectivity index (χ4n) is 4.00. The molecule has 1 aliphatic rings. The maximum Gasteiger partial charge on any atom is 0.264 e. The van der Waals surface area contributed by atoms with E-state index in [0.29, 0.717) is 28.5 Å². The monoisotopic (exact) mass is 494 g/mol. The largest absolute Gasteiger partial charge is 0.497 e. The van der Waals surface area contributed by atoms with E-state index in [1.807, 2.05) is 36.4 Å². The van der Waals surface area contributed by atoms with E-state index >= 15 is 0 Å². The Kier molecular flexibility index (Phi) is 7.45. The van der Waals surface area contributed by atoms with Crippen LogP contribution in [0.1, 0.15) is 19.8 Å². The Morgan fingerprint density at radius 2 is 1.57 bits per heavy atom. The lowest BCUT2D eigenvalue weighted by atomic mass is 10.2. The average Bonchev–Trinajstić information content (AvgIpc) is 3.40. The maximum atomic E-state index is 13.5. The zero-order valence-electron chi connectivity index (χ0n) is 19.8. The molecule has 1 saturated heterocycles. The van der Waals surface area contributed by atoms with Crippen molar-refractivity contribution in [1.82, 2.24) is 0 Å². The van der Waals surface area contributed by atoms with Crippen molar-refractivity contribution in [3.05, 3.63) is 72.8 Å². The third-order valence-corrected chi connectivity index (χ3v) is 7.27. The van der Waals surface area contributed by atoms with Gasteiger partial charge >= 0.3 is 0 Å². The summed E-state index contributed by atoms with van der Waals surface area (Å²) >= 11 is 0. The predicted molar refractivity (Wildman–Crippen MR) is 140 cm³/mol. The number of benzene rings is 3. The average molecular weight is 495 g/mol. The van der Waals surface area contributed by atoms with Crippen molar-refractivity contribution in [3.63, 3.8) is 0 Å². The third-order valence-electron chi connectivity index (χ3n) is 5.86. The number of anilines is 4. The van der Waals surface area contributed by atoms with Crippen LogP contribution in [0.4, 0.5) is 22.7 Å². The van der Waals surface area contributed by atoms with Gasteiger partial charge in [0.1, 0.15) is 16.7 Å². The summed E-state index contributed by atoms with van der Waals surface area (Å²) in [5.74, 6) is 0.417. The molecule has 9 heteroatoms. The second kappa shape index (κ2) is 10.7. The van der Waals surface area contributed by atoms with Gasteiger partial charge in [-0.1, -0.05) is 18.2 Å². The molecule has 35 heavy (non-hydrogen) atoms. The molecule has 1 heterocycles. The van der Waals surface area contributed by atoms with E-state index in [2.05, 4.69) is 20.3 Å². The number of nitrogens with one attached hydrogen (secondary N) is 3. The summed E-state index contributed by atoms with van der Waals surface area (Å²) < 4.78 is 34.8. The zero-order valence-corrected chi connectivity index (χ0v) is 20.6. The van der Waals surface area contributed by atoms with E-state index < -0.39 is 16.1 Å². The van der Waals surface area contributed by atoms with Crippen LogP contribution >= 0.6 is 0 Å². The minimum absolute atomic E-state index is 0.163. The molecule has 0 saturated carbocycles. The summed E-state index contributed by atoms with van der Waals surface area (Å²) in [6, 6.07) is 20.5. The SMILES string of the molecule is COc1ccc(NS(=O)(=O)c2cc(N[C@@H](C)C(=O)Nc3ccccc3)ccc2N2CCCC2)cc1. The Bertz CT molecular complexity index is 1260. The summed E-state index contributed by atoms with van der Waals surface area (Å²) in [6.07, 6.45) is 2.03. The van der Waals surface area contributed by atoms with E-state index in [1.165, 1.54) is 0 Å². The van der Waals surface area contributed by atoms with Gasteiger partial charge in [0.25, 0.3) is 10.0 Å². The van der Waals surface area contributed by atoms with E-state index in [4.69, 9.17) is 4.74 Å². The second-order valence-electron chi connectivity index (χ2n) is 8.43. The molecule has 1 atom stereocenters. The van der Waals surface area contributed by atoms with Gasteiger partial charge in [0.05, 0.1) is 12.8 Å². The fraction of sp³-hybridized carbons (Fsp3) is 0.269. The van der Waals surface area contributed by atoms with Gasteiger partial charge < -0.3 is 20.3 Å². The van der Waals surface area contributed by atoms with Gasteiger partial charge in [0, 0.05) is 30.2 Å². The van der Waals surface area contributed by atoms with Crippen LogP contribution in [-0.4, -0.2) is 40.6 Å². The van der Waals surface area contributed by atoms with Crippen molar-refractivity contribution in [1.29, 1.82) is 0 Å². The third kappa shape index (κ3) is 6.05. The molecular formula is C26H30N4O4S. The number of para-hydroxylation sites is 1. The molecule has 3 N–H and O–H groups in total. The first kappa shape index (κ1) is 24.4. The highest BCUT2D eigenvalue weighted by Gasteiger charge is 2.25. The highest BCUT2D eigenvalue weighted by atomic mass is 32.2. The standard InChI is InChI=1S/C26H30N4O4S/c1-19(26(31)28-20-8-4-3-5-9-20)27-22-12-15-24(30-16-6-7-17-30)25(18-22)35(32,33)29-21-10-13-23(34-2)14-11-21/h3-5,8-15,18-19,27,29H,6-7,16-17H2,1-2H3,(H,28,31)/t19-/m0/s1. The molecule has 0 radical (unpaired) electrons. The second-order valence-corrected chi connectivity index (χ2v) is 10.1. The lowest BCUT2D eigenvalue weighted by Crippen LogP contribution is -2.32. The molecule has 1 amide bonds. The summed E-state index contributed by atoms with van der Waals surface area (Å²) in [4.78, 5) is 14.9. The molecule has 0 aliphatic carbocycles. The highest BCUT2D eigenvalue weighted by molar-refractivity contribution is 7.92. The van der Waals surface area contributed by atoms with E-state index in [1.54, 1.807) is 50.4 Å². The molecule has 8 nitrogen and oxygen atoms in total. The van der Waals surface area contributed by atoms with Crippen LogP contribution < -0.4 is 25.0 Å². The Labute approximate surface area is 206 Å². The smallest absolute Gasteiger partial charge is 0.264 e. The highest BCUT2D eigenvalue weighted by Crippen LogP contribution is 2.32. The van der Waals surface area contributed by atoms with Gasteiger partial charge in [-0.25, -0.2) is 8.42 Å². The normalized spacial score (nSPS) is 14.3. The lowest BCUT2D eigenvalue weighted by Gasteiger charge is -2.23. The molecule has 0 bridgehead atoms. The Morgan fingerprint density at radius 1 is 0.914 bits per heavy atom. The quantitative estimate of drug-likeness (QED) is 0.404. The van der Waals surface area contributed by atoms with Gasteiger partial charge in [-0.15, -0.1) is 0 Å². The number of rotatable bonds is 9. The van der Waals surface area contributed by atoms with Gasteiger partial charge in [-0.2, -0.15) is 0 Å². The number of nitrogens with zero attached hydrogens (tertiary/aromatic N) is 1. The number of carbonyl (C=O) groups excluding carboxylic acids is 1. The van der Waals surface area contributed by atoms with Crippen LogP contribution in [0.5, 0.6) is 5.75 Å². The predicted octanol–water partition coefficient (Wildman–Crippen LogP) is 4.54. The number of sulfonamides is 1. The summed E-state index contributed by atoms with van der Waals surface area (Å²) in [6.45, 7) is 3.33. The lowest BCUT2D eigenvalue weighted by molar-refractivity contribution is -0.116. The number of carbonyl (C=O) groups is 1. The number of hydrogen-bond acceptors (Lipinski definition) is 6. The molecule has 4 rings (SSSR count). The Morgan fingerprint density at radius 3 is 2.23 bits per heavy atom. The van der Waals surface area contributed by atoms with Crippen molar-refractivity contribution in [2.24, 2.45) is 0 Å². The topological polar surface area (TPSA) is 99.8 Å². The van der Waals surface area contributed by atoms with Crippen LogP contribution in [0.3, 0.4) is 0 Å². The van der Waals surface area contributed by atoms with Crippen LogP contribution in [0, 0.1) is 0 Å². The van der Waals surface area contributed by atoms with E-state index in [-0.39, 0.29) is 10.8 Å². The Balaban J connectivity index is 1.58. The summed E-state index contributed by atoms with van der Waals surface area (Å²) in [5, 5.41) is 5.99. The first-order chi connectivity index (χ1) is 16.9. The summed E-state index contributed by atoms with van der Waals surface area (Å²) in [5.41, 5.74) is 2.32. The van der Waals surface area contributed by atoms with Crippen LogP contribution in [0.15, 0.2) is 77.7 Å². The number of amides is 1. The molecule has 0 spiro atoms. The van der Waals surface area contributed by atoms with Crippen molar-refractivity contribution in [2.75, 3.05) is 40.5 Å². The molecular weight excluding hydrogens is 464 g/mol. The molecule has 0 unspecified atom stereocenters. The van der Waals surface area contributed by atoms with Crippen molar-refractivity contribution < 1.29 is 17.9 Å². The van der Waals surface area contributed by atoms with Crippen LogP contribution in [0.25, 0.3) is 0 Å². The number of ether oxygens (including phenoxy) is 1. The van der Waals surface area contributed by atoms with Gasteiger partial charge in [0.15, 0.2) is 0 Å². The first-order valence-electron chi connectivity index (χ1n) is 11.5. The van der Waals surface area contributed by atoms with E-state index in [9.17, 15) is 13.2 Å². The maximum absolute atomic E-state index is 13.5. The molecule has 1 aliphatic heterocycles. The molecule has 3 aromatic carbocycles. The molecule has 184 valence electrons. The molecule has 1 fully saturated rings.